The second-order valence-corrected chi connectivity index (χ2v) is 6.21. The second-order valence-electron chi connectivity index (χ2n) is 6.21. The zero-order valence-corrected chi connectivity index (χ0v) is 13.9. The molecule has 1 heterocycles. The van der Waals surface area contributed by atoms with Gasteiger partial charge in [0.2, 0.25) is 0 Å². The molecule has 0 saturated heterocycles. The summed E-state index contributed by atoms with van der Waals surface area (Å²) in [7, 11) is 0. The van der Waals surface area contributed by atoms with Gasteiger partial charge in [-0.1, -0.05) is 0 Å². The number of pyridine rings is 1. The molecule has 0 radical (unpaired) electrons. The Bertz CT molecular complexity index is 573. The number of aliphatic hydroxyl groups excluding tert-OH is 2. The van der Waals surface area contributed by atoms with Crippen LogP contribution in [0.15, 0.2) is 18.5 Å². The van der Waals surface area contributed by atoms with E-state index >= 15 is 0 Å². The lowest BCUT2D eigenvalue weighted by Gasteiger charge is -2.21. The van der Waals surface area contributed by atoms with Crippen molar-refractivity contribution in [2.24, 2.45) is 5.84 Å². The minimum absolute atomic E-state index is 0.0910. The fourth-order valence-corrected chi connectivity index (χ4v) is 1.84. The third-order valence-corrected chi connectivity index (χ3v) is 2.97. The first kappa shape index (κ1) is 19.8. The van der Waals surface area contributed by atoms with E-state index in [-0.39, 0.29) is 24.1 Å². The van der Waals surface area contributed by atoms with Crippen molar-refractivity contribution in [2.75, 3.05) is 6.54 Å². The predicted octanol–water partition coefficient (Wildman–Crippen LogP) is -0.00580. The van der Waals surface area contributed by atoms with Crippen molar-refractivity contribution in [2.45, 2.75) is 45.0 Å². The molecule has 1 rings (SSSR count). The van der Waals surface area contributed by atoms with E-state index in [1.807, 2.05) is 5.43 Å². The van der Waals surface area contributed by atoms with E-state index in [1.165, 1.54) is 18.5 Å². The van der Waals surface area contributed by atoms with E-state index in [2.05, 4.69) is 10.3 Å². The molecule has 1 aromatic rings. The van der Waals surface area contributed by atoms with Crippen molar-refractivity contribution in [3.8, 4) is 0 Å². The number of carbonyl (C=O) groups excluding carboxylic acids is 2. The fraction of sp³-hybridized carbons (Fsp3) is 0.533. The molecule has 9 nitrogen and oxygen atoms in total. The average Bonchev–Trinajstić information content (AvgIpc) is 2.51. The van der Waals surface area contributed by atoms with Gasteiger partial charge in [-0.2, -0.15) is 0 Å². The Kier molecular flexibility index (Phi) is 7.08. The molecular weight excluding hydrogens is 316 g/mol. The van der Waals surface area contributed by atoms with Gasteiger partial charge in [0.05, 0.1) is 11.7 Å². The molecule has 2 unspecified atom stereocenters. The fourth-order valence-electron chi connectivity index (χ4n) is 1.84. The number of rotatable bonds is 6. The number of nitrogens with two attached hydrogens (primary N) is 1. The summed E-state index contributed by atoms with van der Waals surface area (Å²) in [6.45, 7) is 5.33. The lowest BCUT2D eigenvalue weighted by molar-refractivity contribution is 0.0121. The van der Waals surface area contributed by atoms with E-state index in [9.17, 15) is 19.8 Å². The molecule has 2 atom stereocenters. The number of nitrogens with zero attached hydrogens (tertiary/aromatic N) is 1. The maximum atomic E-state index is 11.5. The van der Waals surface area contributed by atoms with Gasteiger partial charge in [-0.05, 0) is 33.3 Å². The quantitative estimate of drug-likeness (QED) is 0.278. The van der Waals surface area contributed by atoms with E-state index < -0.39 is 29.8 Å². The highest BCUT2D eigenvalue weighted by atomic mass is 16.6. The van der Waals surface area contributed by atoms with Gasteiger partial charge in [0.15, 0.2) is 0 Å². The Morgan fingerprint density at radius 3 is 2.58 bits per heavy atom. The average molecular weight is 340 g/mol. The minimum atomic E-state index is -1.26. The summed E-state index contributed by atoms with van der Waals surface area (Å²) in [6.07, 6.45) is -0.306. The largest absolute Gasteiger partial charge is 0.444 e. The maximum absolute atomic E-state index is 11.5. The van der Waals surface area contributed by atoms with Gasteiger partial charge in [-0.15, -0.1) is 0 Å². The van der Waals surface area contributed by atoms with Gasteiger partial charge in [0, 0.05) is 24.5 Å². The number of hydrazine groups is 1. The number of carbonyl (C=O) groups is 2. The second kappa shape index (κ2) is 8.57. The molecule has 0 fully saturated rings. The molecule has 0 aliphatic carbocycles. The lowest BCUT2D eigenvalue weighted by Crippen LogP contribution is -2.34. The van der Waals surface area contributed by atoms with Crippen LogP contribution in [0.5, 0.6) is 0 Å². The zero-order valence-electron chi connectivity index (χ0n) is 13.9. The molecule has 2 amide bonds. The van der Waals surface area contributed by atoms with Crippen molar-refractivity contribution in [3.63, 3.8) is 0 Å². The van der Waals surface area contributed by atoms with Gasteiger partial charge in [0.25, 0.3) is 5.91 Å². The van der Waals surface area contributed by atoms with Crippen molar-refractivity contribution in [1.29, 1.82) is 0 Å². The van der Waals surface area contributed by atoms with Crippen LogP contribution in [-0.2, 0) is 4.74 Å². The van der Waals surface area contributed by atoms with Gasteiger partial charge >= 0.3 is 6.09 Å². The van der Waals surface area contributed by atoms with E-state index in [1.54, 1.807) is 20.8 Å². The SMILES string of the molecule is CC(C)(C)OC(=O)NCCC(O)C(O)c1cncc(C(=O)NN)c1. The summed E-state index contributed by atoms with van der Waals surface area (Å²) in [5.74, 6) is 4.48. The number of aromatic nitrogens is 1. The maximum Gasteiger partial charge on any atom is 0.407 e. The summed E-state index contributed by atoms with van der Waals surface area (Å²) in [4.78, 5) is 26.8. The third kappa shape index (κ3) is 6.49. The van der Waals surface area contributed by atoms with Crippen molar-refractivity contribution >= 4 is 12.0 Å². The first-order valence-corrected chi connectivity index (χ1v) is 7.43. The van der Waals surface area contributed by atoms with Crippen LogP contribution in [0.25, 0.3) is 0 Å². The predicted molar refractivity (Wildman–Crippen MR) is 85.7 cm³/mol. The Labute approximate surface area is 140 Å². The molecular formula is C15H24N4O5. The number of aliphatic hydroxyl groups is 2. The van der Waals surface area contributed by atoms with Gasteiger partial charge < -0.3 is 20.3 Å². The number of amides is 2. The summed E-state index contributed by atoms with van der Waals surface area (Å²) >= 11 is 0. The smallest absolute Gasteiger partial charge is 0.407 e. The lowest BCUT2D eigenvalue weighted by atomic mass is 10.0. The normalized spacial score (nSPS) is 13.8. The zero-order chi connectivity index (χ0) is 18.3. The third-order valence-electron chi connectivity index (χ3n) is 2.97. The minimum Gasteiger partial charge on any atom is -0.444 e. The molecule has 9 heteroatoms. The van der Waals surface area contributed by atoms with E-state index in [0.29, 0.717) is 0 Å². The van der Waals surface area contributed by atoms with Crippen molar-refractivity contribution < 1.29 is 24.5 Å². The van der Waals surface area contributed by atoms with Crippen LogP contribution >= 0.6 is 0 Å². The highest BCUT2D eigenvalue weighted by Gasteiger charge is 2.21. The van der Waals surface area contributed by atoms with Gasteiger partial charge in [-0.25, -0.2) is 10.6 Å². The summed E-state index contributed by atoms with van der Waals surface area (Å²) in [5.41, 5.74) is 1.77. The molecule has 6 N–H and O–H groups in total. The van der Waals surface area contributed by atoms with Crippen LogP contribution in [0.3, 0.4) is 0 Å². The van der Waals surface area contributed by atoms with Gasteiger partial charge in [-0.3, -0.25) is 15.2 Å². The van der Waals surface area contributed by atoms with Crippen LogP contribution < -0.4 is 16.6 Å². The summed E-state index contributed by atoms with van der Waals surface area (Å²) < 4.78 is 5.06. The number of ether oxygens (including phenoxy) is 1. The molecule has 0 aliphatic heterocycles. The monoisotopic (exact) mass is 340 g/mol. The Morgan fingerprint density at radius 1 is 1.33 bits per heavy atom. The molecule has 134 valence electrons. The molecule has 0 bridgehead atoms. The van der Waals surface area contributed by atoms with E-state index in [4.69, 9.17) is 10.6 Å². The molecule has 0 aromatic carbocycles. The number of hydrogen-bond donors (Lipinski definition) is 5. The standard InChI is InChI=1S/C15H24N4O5/c1-15(2,3)24-14(23)18-5-4-11(20)12(21)9-6-10(8-17-7-9)13(22)19-16/h6-8,11-12,20-21H,4-5,16H2,1-3H3,(H,18,23)(H,19,22). The summed E-state index contributed by atoms with van der Waals surface area (Å²) in [5, 5.41) is 22.6. The number of nitrogen functional groups attached to an aromatic ring is 1. The Hall–Kier alpha value is -2.23. The molecule has 24 heavy (non-hydrogen) atoms. The van der Waals surface area contributed by atoms with Crippen molar-refractivity contribution in [1.82, 2.24) is 15.7 Å². The van der Waals surface area contributed by atoms with Crippen LogP contribution in [0, 0.1) is 0 Å². The number of hydrogen-bond acceptors (Lipinski definition) is 7. The molecule has 1 aromatic heterocycles. The first-order valence-electron chi connectivity index (χ1n) is 7.43. The highest BCUT2D eigenvalue weighted by molar-refractivity contribution is 5.93. The topological polar surface area (TPSA) is 147 Å². The molecule has 0 saturated carbocycles. The van der Waals surface area contributed by atoms with Crippen LogP contribution in [0.2, 0.25) is 0 Å². The van der Waals surface area contributed by atoms with Gasteiger partial charge in [0.1, 0.15) is 11.7 Å². The number of alkyl carbamates (subject to hydrolysis) is 1. The Balaban J connectivity index is 2.54. The molecule has 0 spiro atoms. The Morgan fingerprint density at radius 2 is 2.00 bits per heavy atom. The summed E-state index contributed by atoms with van der Waals surface area (Å²) in [6, 6.07) is 1.38. The number of nitrogens with one attached hydrogen (secondary N) is 2. The van der Waals surface area contributed by atoms with Crippen molar-refractivity contribution in [3.05, 3.63) is 29.6 Å². The van der Waals surface area contributed by atoms with Crippen LogP contribution in [0.4, 0.5) is 4.79 Å². The highest BCUT2D eigenvalue weighted by Crippen LogP contribution is 2.19. The van der Waals surface area contributed by atoms with Crippen LogP contribution in [-0.4, -0.2) is 45.4 Å². The van der Waals surface area contributed by atoms with Crippen LogP contribution in [0.1, 0.15) is 49.2 Å². The molecule has 0 aliphatic rings. The van der Waals surface area contributed by atoms with E-state index in [0.717, 1.165) is 0 Å². The first-order chi connectivity index (χ1) is 11.1.